The number of rotatable bonds is 3. The Kier molecular flexibility index (Phi) is 3.67. The van der Waals surface area contributed by atoms with Crippen LogP contribution < -0.4 is 10.1 Å². The lowest BCUT2D eigenvalue weighted by Gasteiger charge is -2.10. The maximum absolute atomic E-state index is 10.9. The van der Waals surface area contributed by atoms with E-state index < -0.39 is 0 Å². The monoisotopic (exact) mass is 217 g/mol. The average molecular weight is 217 g/mol. The van der Waals surface area contributed by atoms with E-state index in [2.05, 4.69) is 11.2 Å². The Morgan fingerprint density at radius 2 is 2.25 bits per heavy atom. The summed E-state index contributed by atoms with van der Waals surface area (Å²) in [5.41, 5.74) is 1.25. The molecular weight excluding hydrogens is 206 g/mol. The molecule has 82 valence electrons. The van der Waals surface area contributed by atoms with Gasteiger partial charge in [-0.1, -0.05) is 5.92 Å². The summed E-state index contributed by atoms with van der Waals surface area (Å²) in [7, 11) is 1.44. The average Bonchev–Trinajstić information content (AvgIpc) is 2.27. The highest BCUT2D eigenvalue weighted by molar-refractivity contribution is 5.92. The molecule has 1 aromatic carbocycles. The predicted octanol–water partition coefficient (Wildman–Crippen LogP) is 1.45. The summed E-state index contributed by atoms with van der Waals surface area (Å²) in [6.45, 7) is 1.38. The number of benzene rings is 1. The molecule has 4 heteroatoms. The van der Waals surface area contributed by atoms with E-state index in [4.69, 9.17) is 11.2 Å². The Morgan fingerprint density at radius 1 is 1.56 bits per heavy atom. The fourth-order valence-electron chi connectivity index (χ4n) is 1.28. The molecule has 0 aromatic heterocycles. The molecule has 0 spiro atoms. The summed E-state index contributed by atoms with van der Waals surface area (Å²) in [5, 5.41) is 2.57. The molecule has 1 amide bonds. The Morgan fingerprint density at radius 3 is 2.69 bits per heavy atom. The molecule has 1 aromatic rings. The molecular formula is C12H11NO3. The van der Waals surface area contributed by atoms with Gasteiger partial charge < -0.3 is 10.1 Å². The summed E-state index contributed by atoms with van der Waals surface area (Å²) in [6, 6.07) is 3.03. The first-order valence-corrected chi connectivity index (χ1v) is 4.53. The van der Waals surface area contributed by atoms with Crippen LogP contribution in [-0.4, -0.2) is 19.3 Å². The Bertz CT molecular complexity index is 472. The van der Waals surface area contributed by atoms with Gasteiger partial charge in [-0.15, -0.1) is 6.42 Å². The number of carbonyl (C=O) groups excluding carboxylic acids is 2. The van der Waals surface area contributed by atoms with Crippen molar-refractivity contribution in [3.63, 3.8) is 0 Å². The van der Waals surface area contributed by atoms with Crippen LogP contribution in [0, 0.1) is 12.3 Å². The van der Waals surface area contributed by atoms with Gasteiger partial charge in [0.05, 0.1) is 18.4 Å². The lowest BCUT2D eigenvalue weighted by Crippen LogP contribution is -2.08. The second kappa shape index (κ2) is 4.99. The molecule has 0 unspecified atom stereocenters. The topological polar surface area (TPSA) is 55.4 Å². The van der Waals surface area contributed by atoms with Gasteiger partial charge in [0, 0.05) is 18.6 Å². The third kappa shape index (κ3) is 2.39. The molecule has 4 nitrogen and oxygen atoms in total. The fraction of sp³-hybridized carbons (Fsp3) is 0.167. The molecule has 0 aliphatic carbocycles. The summed E-state index contributed by atoms with van der Waals surface area (Å²) < 4.78 is 5.01. The van der Waals surface area contributed by atoms with E-state index in [0.717, 1.165) is 0 Å². The number of ether oxygens (including phenoxy) is 1. The van der Waals surface area contributed by atoms with Crippen LogP contribution in [0.3, 0.4) is 0 Å². The molecule has 0 radical (unpaired) electrons. The molecule has 1 rings (SSSR count). The van der Waals surface area contributed by atoms with Gasteiger partial charge in [0.2, 0.25) is 5.91 Å². The Balaban J connectivity index is 3.32. The number of nitrogens with one attached hydrogen (secondary N) is 1. The number of hydrogen-bond acceptors (Lipinski definition) is 3. The number of carbonyl (C=O) groups is 2. The van der Waals surface area contributed by atoms with Crippen LogP contribution in [-0.2, 0) is 4.79 Å². The zero-order valence-corrected chi connectivity index (χ0v) is 9.03. The molecule has 1 N–H and O–H groups in total. The van der Waals surface area contributed by atoms with Crippen molar-refractivity contribution in [2.45, 2.75) is 6.92 Å². The van der Waals surface area contributed by atoms with E-state index in [1.807, 2.05) is 0 Å². The van der Waals surface area contributed by atoms with Crippen LogP contribution >= 0.6 is 0 Å². The van der Waals surface area contributed by atoms with Crippen molar-refractivity contribution >= 4 is 17.9 Å². The standard InChI is InChI=1S/C12H11NO3/c1-4-9-5-10(7-14)12(16-3)6-11(9)13-8(2)15/h1,5-7H,2-3H3,(H,13,15). The van der Waals surface area contributed by atoms with Crippen LogP contribution in [0.2, 0.25) is 0 Å². The molecule has 0 saturated heterocycles. The highest BCUT2D eigenvalue weighted by Gasteiger charge is 2.09. The smallest absolute Gasteiger partial charge is 0.221 e. The largest absolute Gasteiger partial charge is 0.496 e. The zero-order chi connectivity index (χ0) is 12.1. The van der Waals surface area contributed by atoms with Crippen LogP contribution in [0.5, 0.6) is 5.75 Å². The Labute approximate surface area is 93.6 Å². The molecule has 0 bridgehead atoms. The summed E-state index contributed by atoms with van der Waals surface area (Å²) in [6.07, 6.45) is 5.93. The molecule has 0 heterocycles. The van der Waals surface area contributed by atoms with Gasteiger partial charge in [-0.3, -0.25) is 9.59 Å². The first-order chi connectivity index (χ1) is 7.62. The third-order valence-corrected chi connectivity index (χ3v) is 1.96. The number of hydrogen-bond donors (Lipinski definition) is 1. The van der Waals surface area contributed by atoms with E-state index in [-0.39, 0.29) is 5.91 Å². The molecule has 0 fully saturated rings. The minimum Gasteiger partial charge on any atom is -0.496 e. The lowest BCUT2D eigenvalue weighted by molar-refractivity contribution is -0.114. The van der Waals surface area contributed by atoms with E-state index in [1.165, 1.54) is 26.2 Å². The summed E-state index contributed by atoms with van der Waals surface area (Å²) >= 11 is 0. The number of terminal acetylenes is 1. The number of methoxy groups -OCH3 is 1. The zero-order valence-electron chi connectivity index (χ0n) is 9.03. The van der Waals surface area contributed by atoms with Crippen molar-refractivity contribution in [1.29, 1.82) is 0 Å². The van der Waals surface area contributed by atoms with Crippen molar-refractivity contribution in [2.75, 3.05) is 12.4 Å². The van der Waals surface area contributed by atoms with Gasteiger partial charge in [-0.2, -0.15) is 0 Å². The SMILES string of the molecule is C#Cc1cc(C=O)c(OC)cc1NC(C)=O. The van der Waals surface area contributed by atoms with Crippen LogP contribution in [0.1, 0.15) is 22.8 Å². The normalized spacial score (nSPS) is 9.06. The van der Waals surface area contributed by atoms with E-state index in [1.54, 1.807) is 0 Å². The highest BCUT2D eigenvalue weighted by atomic mass is 16.5. The third-order valence-electron chi connectivity index (χ3n) is 1.96. The minimum atomic E-state index is -0.239. The van der Waals surface area contributed by atoms with Crippen molar-refractivity contribution in [3.8, 4) is 18.1 Å². The van der Waals surface area contributed by atoms with Crippen LogP contribution in [0.4, 0.5) is 5.69 Å². The first-order valence-electron chi connectivity index (χ1n) is 4.53. The van der Waals surface area contributed by atoms with Crippen molar-refractivity contribution in [2.24, 2.45) is 0 Å². The highest BCUT2D eigenvalue weighted by Crippen LogP contribution is 2.25. The molecule has 0 aliphatic rings. The summed E-state index contributed by atoms with van der Waals surface area (Å²) in [4.78, 5) is 21.7. The van der Waals surface area contributed by atoms with Gasteiger partial charge in [-0.25, -0.2) is 0 Å². The van der Waals surface area contributed by atoms with Gasteiger partial charge in [0.1, 0.15) is 5.75 Å². The predicted molar refractivity (Wildman–Crippen MR) is 60.6 cm³/mol. The van der Waals surface area contributed by atoms with E-state index >= 15 is 0 Å². The van der Waals surface area contributed by atoms with Crippen molar-refractivity contribution in [3.05, 3.63) is 23.3 Å². The first kappa shape index (κ1) is 11.8. The molecule has 16 heavy (non-hydrogen) atoms. The maximum Gasteiger partial charge on any atom is 0.221 e. The second-order valence-electron chi connectivity index (χ2n) is 3.08. The maximum atomic E-state index is 10.9. The second-order valence-corrected chi connectivity index (χ2v) is 3.08. The molecule has 0 atom stereocenters. The number of amides is 1. The number of anilines is 1. The van der Waals surface area contributed by atoms with Gasteiger partial charge in [0.15, 0.2) is 6.29 Å². The summed E-state index contributed by atoms with van der Waals surface area (Å²) in [5.74, 6) is 2.53. The van der Waals surface area contributed by atoms with E-state index in [9.17, 15) is 9.59 Å². The van der Waals surface area contributed by atoms with Crippen molar-refractivity contribution < 1.29 is 14.3 Å². The van der Waals surface area contributed by atoms with E-state index in [0.29, 0.717) is 28.8 Å². The minimum absolute atomic E-state index is 0.239. The Hall–Kier alpha value is -2.28. The van der Waals surface area contributed by atoms with Crippen molar-refractivity contribution in [1.82, 2.24) is 0 Å². The molecule has 0 aliphatic heterocycles. The molecule has 0 saturated carbocycles. The van der Waals surface area contributed by atoms with Gasteiger partial charge in [0.25, 0.3) is 0 Å². The fourth-order valence-corrected chi connectivity index (χ4v) is 1.28. The van der Waals surface area contributed by atoms with Crippen LogP contribution in [0.15, 0.2) is 12.1 Å². The quantitative estimate of drug-likeness (QED) is 0.615. The van der Waals surface area contributed by atoms with Gasteiger partial charge >= 0.3 is 0 Å². The number of aldehydes is 1. The van der Waals surface area contributed by atoms with Crippen LogP contribution in [0.25, 0.3) is 0 Å². The lowest BCUT2D eigenvalue weighted by atomic mass is 10.1. The van der Waals surface area contributed by atoms with Gasteiger partial charge in [-0.05, 0) is 6.07 Å².